The summed E-state index contributed by atoms with van der Waals surface area (Å²) >= 11 is 0. The Bertz CT molecular complexity index is 164. The molecule has 0 atom stereocenters. The van der Waals surface area contributed by atoms with Crippen LogP contribution in [0.3, 0.4) is 0 Å². The first kappa shape index (κ1) is 25.0. The van der Waals surface area contributed by atoms with Crippen molar-refractivity contribution in [3.8, 4) is 0 Å². The zero-order valence-corrected chi connectivity index (χ0v) is 9.84. The molecule has 0 aliphatic rings. The molecule has 0 aromatic rings. The van der Waals surface area contributed by atoms with Crippen molar-refractivity contribution in [2.24, 2.45) is 0 Å². The minimum atomic E-state index is -1.50. The summed E-state index contributed by atoms with van der Waals surface area (Å²) in [5.74, 6) is 0. The van der Waals surface area contributed by atoms with Gasteiger partial charge >= 0.3 is 0 Å². The maximum Gasteiger partial charge on any atom is 0.291 e. The quantitative estimate of drug-likeness (QED) is 0.227. The van der Waals surface area contributed by atoms with Crippen LogP contribution in [0.5, 0.6) is 0 Å². The highest BCUT2D eigenvalue weighted by atomic mass is 16.9. The van der Waals surface area contributed by atoms with E-state index < -0.39 is 10.2 Å². The largest absolute Gasteiger partial charge is 0.394 e. The molecule has 0 radical (unpaired) electrons. The molecular weight excluding hydrogens is 256 g/mol. The molecule has 18 heavy (non-hydrogen) atoms. The molecule has 0 spiro atoms. The molecule has 0 bridgehead atoms. The van der Waals surface area contributed by atoms with E-state index in [1.165, 1.54) is 0 Å². The smallest absolute Gasteiger partial charge is 0.291 e. The van der Waals surface area contributed by atoms with Crippen molar-refractivity contribution in [3.05, 3.63) is 32.9 Å². The summed E-state index contributed by atoms with van der Waals surface area (Å²) in [6.45, 7) is 5.95. The van der Waals surface area contributed by atoms with Crippen LogP contribution < -0.4 is 0 Å². The van der Waals surface area contributed by atoms with Crippen molar-refractivity contribution < 1.29 is 35.5 Å². The van der Waals surface area contributed by atoms with E-state index in [-0.39, 0.29) is 13.2 Å². The lowest BCUT2D eigenvalue weighted by Crippen LogP contribution is -2.03. The molecule has 0 heterocycles. The van der Waals surface area contributed by atoms with Crippen molar-refractivity contribution in [1.82, 2.24) is 0 Å². The first-order valence-electron chi connectivity index (χ1n) is 4.33. The van der Waals surface area contributed by atoms with Crippen molar-refractivity contribution in [2.75, 3.05) is 26.4 Å². The van der Waals surface area contributed by atoms with Gasteiger partial charge in [-0.25, -0.2) is 0 Å². The minimum Gasteiger partial charge on any atom is -0.394 e. The summed E-state index contributed by atoms with van der Waals surface area (Å²) < 4.78 is 4.63. The Morgan fingerprint density at radius 1 is 1.11 bits per heavy atom. The van der Waals surface area contributed by atoms with Gasteiger partial charge in [0.15, 0.2) is 0 Å². The second-order valence-electron chi connectivity index (χ2n) is 1.94. The van der Waals surface area contributed by atoms with Gasteiger partial charge in [0.1, 0.15) is 0 Å². The van der Waals surface area contributed by atoms with E-state index in [1.54, 1.807) is 6.08 Å². The molecule has 0 fully saturated rings. The minimum absolute atomic E-state index is 0.0278. The lowest BCUT2D eigenvalue weighted by atomic mass is 10.7. The topological polar surface area (TPSA) is 176 Å². The molecule has 0 saturated carbocycles. The van der Waals surface area contributed by atoms with Gasteiger partial charge in [-0.1, -0.05) is 6.08 Å². The Labute approximate surface area is 103 Å². The SMILES string of the molecule is C=CC.O=[N+]([O-])O.O=[N+]([O-])O.OCCOCCO. The lowest BCUT2D eigenvalue weighted by Gasteiger charge is -1.94. The summed E-state index contributed by atoms with van der Waals surface area (Å²) in [5.41, 5.74) is 0. The second-order valence-corrected chi connectivity index (χ2v) is 1.94. The molecule has 4 N–H and O–H groups in total. The number of hydrogen-bond acceptors (Lipinski definition) is 7. The summed E-state index contributed by atoms with van der Waals surface area (Å²) in [5, 5.41) is 43.5. The summed E-state index contributed by atoms with van der Waals surface area (Å²) in [7, 11) is 0. The highest BCUT2D eigenvalue weighted by molar-refractivity contribution is 4.51. The van der Waals surface area contributed by atoms with Gasteiger partial charge < -0.3 is 25.4 Å². The van der Waals surface area contributed by atoms with Gasteiger partial charge in [0.2, 0.25) is 0 Å². The molecular formula is C7H18N2O9. The monoisotopic (exact) mass is 274 g/mol. The average molecular weight is 274 g/mol. The highest BCUT2D eigenvalue weighted by Crippen LogP contribution is 1.68. The van der Waals surface area contributed by atoms with Gasteiger partial charge in [0.05, 0.1) is 26.4 Å². The van der Waals surface area contributed by atoms with Gasteiger partial charge in [-0.05, 0) is 6.92 Å². The average Bonchev–Trinajstić information content (AvgIpc) is 2.18. The fourth-order valence-electron chi connectivity index (χ4n) is 0.231. The Balaban J connectivity index is -0.0000000775. The Kier molecular flexibility index (Phi) is 40.9. The van der Waals surface area contributed by atoms with E-state index in [4.69, 9.17) is 40.9 Å². The number of allylic oxidation sites excluding steroid dienone is 1. The van der Waals surface area contributed by atoms with Gasteiger partial charge in [0, 0.05) is 0 Å². The maximum atomic E-state index is 8.36. The first-order chi connectivity index (χ1) is 8.29. The third-order valence-corrected chi connectivity index (χ3v) is 0.471. The molecule has 110 valence electrons. The van der Waals surface area contributed by atoms with E-state index in [9.17, 15) is 0 Å². The number of aliphatic hydroxyl groups excluding tert-OH is 2. The van der Waals surface area contributed by atoms with Gasteiger partial charge in [-0.3, -0.25) is 0 Å². The highest BCUT2D eigenvalue weighted by Gasteiger charge is 1.79. The van der Waals surface area contributed by atoms with Gasteiger partial charge in [0.25, 0.3) is 10.2 Å². The van der Waals surface area contributed by atoms with Crippen LogP contribution in [0.4, 0.5) is 0 Å². The third-order valence-electron chi connectivity index (χ3n) is 0.471. The molecule has 0 aliphatic heterocycles. The van der Waals surface area contributed by atoms with Crippen LogP contribution in [0.15, 0.2) is 12.7 Å². The standard InChI is InChI=1S/C4H10O3.C3H6.2HNO3/c5-1-3-7-4-2-6;1-3-2;2*2-1(3)4/h5-6H,1-4H2;3H,1H2,2H3;2*(H,2,3,4). The molecule has 11 heteroatoms. The Hall–Kier alpha value is -1.98. The predicted octanol–water partition coefficient (Wildman–Crippen LogP) is -0.516. The van der Waals surface area contributed by atoms with E-state index in [0.29, 0.717) is 13.2 Å². The van der Waals surface area contributed by atoms with Gasteiger partial charge in [-0.15, -0.1) is 26.8 Å². The predicted molar refractivity (Wildman–Crippen MR) is 58.4 cm³/mol. The number of hydrogen-bond donors (Lipinski definition) is 4. The number of rotatable bonds is 4. The van der Waals surface area contributed by atoms with Crippen molar-refractivity contribution >= 4 is 0 Å². The number of ether oxygens (including phenoxy) is 1. The molecule has 0 aliphatic carbocycles. The van der Waals surface area contributed by atoms with Crippen molar-refractivity contribution in [2.45, 2.75) is 6.92 Å². The van der Waals surface area contributed by atoms with Crippen LogP contribution in [-0.2, 0) is 4.74 Å². The summed E-state index contributed by atoms with van der Waals surface area (Å²) in [4.78, 5) is 16.7. The lowest BCUT2D eigenvalue weighted by molar-refractivity contribution is -0.742. The van der Waals surface area contributed by atoms with Crippen LogP contribution in [0.25, 0.3) is 0 Å². The molecule has 0 unspecified atom stereocenters. The Morgan fingerprint density at radius 2 is 1.28 bits per heavy atom. The molecule has 0 saturated heterocycles. The number of nitrogens with zero attached hydrogens (tertiary/aromatic N) is 2. The molecule has 0 aromatic carbocycles. The van der Waals surface area contributed by atoms with E-state index in [2.05, 4.69) is 11.3 Å². The van der Waals surface area contributed by atoms with Crippen LogP contribution >= 0.6 is 0 Å². The van der Waals surface area contributed by atoms with Crippen LogP contribution in [-0.4, -0.2) is 57.2 Å². The first-order valence-corrected chi connectivity index (χ1v) is 4.33. The fraction of sp³-hybridized carbons (Fsp3) is 0.714. The fourth-order valence-corrected chi connectivity index (χ4v) is 0.231. The van der Waals surface area contributed by atoms with Crippen molar-refractivity contribution in [3.63, 3.8) is 0 Å². The van der Waals surface area contributed by atoms with E-state index >= 15 is 0 Å². The zero-order valence-electron chi connectivity index (χ0n) is 9.84. The number of aliphatic hydroxyl groups is 2. The normalized spacial score (nSPS) is 7.06. The van der Waals surface area contributed by atoms with Crippen LogP contribution in [0, 0.1) is 20.2 Å². The van der Waals surface area contributed by atoms with Crippen LogP contribution in [0.2, 0.25) is 0 Å². The molecule has 0 rings (SSSR count). The van der Waals surface area contributed by atoms with Crippen molar-refractivity contribution in [1.29, 1.82) is 0 Å². The molecule has 0 aromatic heterocycles. The van der Waals surface area contributed by atoms with E-state index in [0.717, 1.165) is 0 Å². The van der Waals surface area contributed by atoms with E-state index in [1.807, 2.05) is 6.92 Å². The zero-order chi connectivity index (χ0) is 15.4. The Morgan fingerprint density at radius 3 is 1.39 bits per heavy atom. The summed E-state index contributed by atoms with van der Waals surface area (Å²) in [6.07, 6.45) is 1.75. The third kappa shape index (κ3) is 582. The second kappa shape index (κ2) is 29.4. The molecule has 0 amide bonds. The van der Waals surface area contributed by atoms with Crippen LogP contribution in [0.1, 0.15) is 6.92 Å². The molecule has 11 nitrogen and oxygen atoms in total. The summed E-state index contributed by atoms with van der Waals surface area (Å²) in [6, 6.07) is 0. The van der Waals surface area contributed by atoms with Gasteiger partial charge in [-0.2, -0.15) is 0 Å². The maximum absolute atomic E-state index is 8.36.